The molecule has 0 radical (unpaired) electrons. The molecule has 5 nitrogen and oxygen atoms in total. The molecule has 4 rings (SSSR count). The fraction of sp³-hybridized carbons (Fsp3) is 0.545. The lowest BCUT2D eigenvalue weighted by atomic mass is 10.0. The van der Waals surface area contributed by atoms with E-state index in [1.165, 1.54) is 50.9 Å². The Bertz CT molecular complexity index is 752. The average Bonchev–Trinajstić information content (AvgIpc) is 3.23. The molecule has 1 N–H and O–H groups in total. The summed E-state index contributed by atoms with van der Waals surface area (Å²) in [7, 11) is 0. The number of aryl methyl sites for hydroxylation is 1. The highest BCUT2D eigenvalue weighted by Gasteiger charge is 2.23. The molecular formula is C22H31N5. The average molecular weight is 366 g/mol. The molecule has 2 aliphatic heterocycles. The number of benzene rings is 1. The van der Waals surface area contributed by atoms with Crippen molar-refractivity contribution in [3.8, 4) is 0 Å². The van der Waals surface area contributed by atoms with Crippen molar-refractivity contribution in [3.05, 3.63) is 36.0 Å². The van der Waals surface area contributed by atoms with E-state index in [0.717, 1.165) is 36.1 Å². The van der Waals surface area contributed by atoms with Crippen LogP contribution in [0.3, 0.4) is 0 Å². The lowest BCUT2D eigenvalue weighted by Gasteiger charge is -2.35. The summed E-state index contributed by atoms with van der Waals surface area (Å²) in [5, 5.41) is 3.48. The quantitative estimate of drug-likeness (QED) is 0.816. The Morgan fingerprint density at radius 1 is 1.00 bits per heavy atom. The van der Waals surface area contributed by atoms with Crippen molar-refractivity contribution in [2.45, 2.75) is 58.4 Å². The molecule has 0 aliphatic carbocycles. The fourth-order valence-corrected chi connectivity index (χ4v) is 4.31. The summed E-state index contributed by atoms with van der Waals surface area (Å²) < 4.78 is 0. The minimum Gasteiger partial charge on any atom is -0.372 e. The van der Waals surface area contributed by atoms with Gasteiger partial charge < -0.3 is 15.1 Å². The summed E-state index contributed by atoms with van der Waals surface area (Å²) in [5.74, 6) is 1.75. The van der Waals surface area contributed by atoms with E-state index in [4.69, 9.17) is 9.97 Å². The second-order valence-corrected chi connectivity index (χ2v) is 7.81. The minimum atomic E-state index is 0.563. The number of anilines is 4. The van der Waals surface area contributed by atoms with E-state index in [0.29, 0.717) is 6.04 Å². The predicted octanol–water partition coefficient (Wildman–Crippen LogP) is 4.90. The van der Waals surface area contributed by atoms with Crippen LogP contribution < -0.4 is 15.1 Å². The maximum absolute atomic E-state index is 4.84. The highest BCUT2D eigenvalue weighted by molar-refractivity contribution is 5.62. The molecular weight excluding hydrogens is 334 g/mol. The van der Waals surface area contributed by atoms with Crippen molar-refractivity contribution in [3.63, 3.8) is 0 Å². The summed E-state index contributed by atoms with van der Waals surface area (Å²) in [5.41, 5.74) is 3.40. The van der Waals surface area contributed by atoms with Crippen LogP contribution in [0.5, 0.6) is 0 Å². The van der Waals surface area contributed by atoms with Crippen molar-refractivity contribution in [1.29, 1.82) is 0 Å². The third-order valence-corrected chi connectivity index (χ3v) is 5.81. The summed E-state index contributed by atoms with van der Waals surface area (Å²) in [6.45, 7) is 7.73. The summed E-state index contributed by atoms with van der Waals surface area (Å²) in [4.78, 5) is 14.4. The van der Waals surface area contributed by atoms with Crippen molar-refractivity contribution < 1.29 is 0 Å². The number of nitrogens with zero attached hydrogens (tertiary/aromatic N) is 4. The van der Waals surface area contributed by atoms with E-state index < -0.39 is 0 Å². The van der Waals surface area contributed by atoms with Crippen LogP contribution >= 0.6 is 0 Å². The first-order valence-electron chi connectivity index (χ1n) is 10.5. The lowest BCUT2D eigenvalue weighted by Crippen LogP contribution is -2.40. The smallest absolute Gasteiger partial charge is 0.227 e. The fourth-order valence-electron chi connectivity index (χ4n) is 4.31. The first-order chi connectivity index (χ1) is 13.2. The van der Waals surface area contributed by atoms with Crippen LogP contribution in [0.1, 0.15) is 51.1 Å². The van der Waals surface area contributed by atoms with Gasteiger partial charge in [-0.2, -0.15) is 4.98 Å². The largest absolute Gasteiger partial charge is 0.372 e. The molecule has 2 aliphatic rings. The lowest BCUT2D eigenvalue weighted by molar-refractivity contribution is 0.443. The van der Waals surface area contributed by atoms with Crippen LogP contribution in [0.15, 0.2) is 30.3 Å². The molecule has 1 aromatic carbocycles. The zero-order chi connectivity index (χ0) is 18.6. The normalized spacial score (nSPS) is 20.1. The Morgan fingerprint density at radius 3 is 2.48 bits per heavy atom. The number of aromatic nitrogens is 2. The highest BCUT2D eigenvalue weighted by Crippen LogP contribution is 2.27. The van der Waals surface area contributed by atoms with E-state index in [2.05, 4.69) is 53.2 Å². The van der Waals surface area contributed by atoms with Crippen LogP contribution in [0.2, 0.25) is 0 Å². The van der Waals surface area contributed by atoms with Crippen LogP contribution in [-0.2, 0) is 0 Å². The van der Waals surface area contributed by atoms with Crippen molar-refractivity contribution >= 4 is 23.1 Å². The maximum Gasteiger partial charge on any atom is 0.227 e. The summed E-state index contributed by atoms with van der Waals surface area (Å²) >= 11 is 0. The van der Waals surface area contributed by atoms with Crippen LogP contribution in [0.4, 0.5) is 23.1 Å². The van der Waals surface area contributed by atoms with E-state index in [-0.39, 0.29) is 0 Å². The van der Waals surface area contributed by atoms with Gasteiger partial charge in [0.25, 0.3) is 0 Å². The van der Waals surface area contributed by atoms with Gasteiger partial charge in [-0.25, -0.2) is 4.98 Å². The minimum absolute atomic E-state index is 0.563. The zero-order valence-electron chi connectivity index (χ0n) is 16.6. The monoisotopic (exact) mass is 365 g/mol. The first kappa shape index (κ1) is 18.1. The molecule has 27 heavy (non-hydrogen) atoms. The molecule has 0 spiro atoms. The van der Waals surface area contributed by atoms with Gasteiger partial charge in [-0.3, -0.25) is 0 Å². The third-order valence-electron chi connectivity index (χ3n) is 5.81. The number of hydrogen-bond donors (Lipinski definition) is 1. The van der Waals surface area contributed by atoms with Gasteiger partial charge in [0.15, 0.2) is 0 Å². The summed E-state index contributed by atoms with van der Waals surface area (Å²) in [6, 6.07) is 11.3. The molecule has 144 valence electrons. The highest BCUT2D eigenvalue weighted by atomic mass is 15.3. The first-order valence-corrected chi connectivity index (χ1v) is 10.5. The van der Waals surface area contributed by atoms with E-state index >= 15 is 0 Å². The molecule has 2 fully saturated rings. The van der Waals surface area contributed by atoms with Gasteiger partial charge >= 0.3 is 0 Å². The summed E-state index contributed by atoms with van der Waals surface area (Å²) in [6.07, 6.45) is 7.55. The molecule has 0 bridgehead atoms. The number of nitrogens with one attached hydrogen (secondary N) is 1. The van der Waals surface area contributed by atoms with E-state index in [1.807, 2.05) is 6.07 Å². The van der Waals surface area contributed by atoms with Gasteiger partial charge in [0.05, 0.1) is 0 Å². The Kier molecular flexibility index (Phi) is 5.46. The molecule has 2 aromatic rings. The zero-order valence-corrected chi connectivity index (χ0v) is 16.6. The van der Waals surface area contributed by atoms with Crippen LogP contribution in [0, 0.1) is 6.92 Å². The van der Waals surface area contributed by atoms with Crippen LogP contribution in [0.25, 0.3) is 0 Å². The maximum atomic E-state index is 4.84. The number of piperidine rings is 1. The molecule has 2 saturated heterocycles. The Labute approximate surface area is 162 Å². The Hall–Kier alpha value is -2.30. The topological polar surface area (TPSA) is 44.3 Å². The number of rotatable bonds is 5. The van der Waals surface area contributed by atoms with Gasteiger partial charge in [0.2, 0.25) is 5.95 Å². The van der Waals surface area contributed by atoms with Gasteiger partial charge in [0, 0.05) is 48.8 Å². The van der Waals surface area contributed by atoms with Gasteiger partial charge in [-0.15, -0.1) is 0 Å². The molecule has 0 amide bonds. The second kappa shape index (κ2) is 8.15. The predicted molar refractivity (Wildman–Crippen MR) is 113 cm³/mol. The SMILES string of the molecule is CCC1CCCCN1c1nc(C)cc(Nc2ccc(N3CCCC3)cc2)n1. The van der Waals surface area contributed by atoms with Crippen LogP contribution in [-0.4, -0.2) is 35.6 Å². The molecule has 1 aromatic heterocycles. The standard InChI is InChI=1S/C22H31N5/c1-3-19-8-4-5-15-27(19)22-23-17(2)16-21(25-22)24-18-9-11-20(12-10-18)26-13-6-7-14-26/h9-12,16,19H,3-8,13-15H2,1-2H3,(H,23,24,25). The Balaban J connectivity index is 1.51. The molecule has 5 heteroatoms. The van der Waals surface area contributed by atoms with E-state index in [1.54, 1.807) is 0 Å². The molecule has 0 saturated carbocycles. The molecule has 1 unspecified atom stereocenters. The Morgan fingerprint density at radius 2 is 1.74 bits per heavy atom. The van der Waals surface area contributed by atoms with Gasteiger partial charge in [0.1, 0.15) is 5.82 Å². The number of hydrogen-bond acceptors (Lipinski definition) is 5. The van der Waals surface area contributed by atoms with Gasteiger partial charge in [-0.05, 0) is 69.7 Å². The van der Waals surface area contributed by atoms with Crippen molar-refractivity contribution in [1.82, 2.24) is 9.97 Å². The van der Waals surface area contributed by atoms with Crippen molar-refractivity contribution in [2.24, 2.45) is 0 Å². The molecule has 3 heterocycles. The van der Waals surface area contributed by atoms with Crippen molar-refractivity contribution in [2.75, 3.05) is 34.8 Å². The van der Waals surface area contributed by atoms with E-state index in [9.17, 15) is 0 Å². The third kappa shape index (κ3) is 4.18. The van der Waals surface area contributed by atoms with Gasteiger partial charge in [-0.1, -0.05) is 6.92 Å². The second-order valence-electron chi connectivity index (χ2n) is 7.81. The molecule has 1 atom stereocenters.